The molecule has 2 rings (SSSR count). The molecule has 0 fully saturated rings. The van der Waals surface area contributed by atoms with Gasteiger partial charge in [0.1, 0.15) is 0 Å². The zero-order valence-electron chi connectivity index (χ0n) is 12.6. The molecule has 156 valence electrons. The topological polar surface area (TPSA) is 86.7 Å². The molecular formula is C12H4Br2F6O6S2. The zero-order chi connectivity index (χ0) is 21.7. The van der Waals surface area contributed by atoms with Gasteiger partial charge in [0.25, 0.3) is 0 Å². The van der Waals surface area contributed by atoms with Crippen molar-refractivity contribution in [1.82, 2.24) is 0 Å². The van der Waals surface area contributed by atoms with E-state index in [2.05, 4.69) is 40.2 Å². The second-order valence-electron chi connectivity index (χ2n) is 4.81. The molecule has 0 aliphatic heterocycles. The molecule has 0 aliphatic carbocycles. The second kappa shape index (κ2) is 7.21. The van der Waals surface area contributed by atoms with Crippen molar-refractivity contribution in [2.45, 2.75) is 11.0 Å². The van der Waals surface area contributed by atoms with Crippen LogP contribution in [0.25, 0.3) is 10.8 Å². The summed E-state index contributed by atoms with van der Waals surface area (Å²) < 4.78 is 128. The first-order chi connectivity index (χ1) is 12.5. The summed E-state index contributed by atoms with van der Waals surface area (Å²) in [5.74, 6) is -1.87. The molecule has 0 unspecified atom stereocenters. The predicted octanol–water partition coefficient (Wildman–Crippen LogP) is 4.82. The lowest BCUT2D eigenvalue weighted by atomic mass is 10.1. The molecule has 0 N–H and O–H groups in total. The van der Waals surface area contributed by atoms with Gasteiger partial charge in [-0.05, 0) is 56.1 Å². The molecule has 0 radical (unpaired) electrons. The van der Waals surface area contributed by atoms with Crippen molar-refractivity contribution in [3.8, 4) is 11.5 Å². The lowest BCUT2D eigenvalue weighted by molar-refractivity contribution is -0.0505. The predicted molar refractivity (Wildman–Crippen MR) is 90.6 cm³/mol. The standard InChI is InChI=1S/C12H4Br2F6O6S2/c13-7-3-1-5-6(10(7)26-28(23,24)12(18,19)20)2-4-8(14)9(5)25-27(21,22)11(15,16)17/h1-4H. The second-order valence-corrected chi connectivity index (χ2v) is 9.60. The van der Waals surface area contributed by atoms with Crippen LogP contribution in [-0.2, 0) is 20.2 Å². The maximum absolute atomic E-state index is 12.6. The SMILES string of the molecule is O=S(=O)(Oc1c(Br)ccc2c(OS(=O)(=O)C(F)(F)F)c(Br)ccc12)C(F)(F)F. The lowest BCUT2D eigenvalue weighted by Crippen LogP contribution is -2.28. The molecule has 0 spiro atoms. The average Bonchev–Trinajstić information content (AvgIpc) is 2.50. The van der Waals surface area contributed by atoms with E-state index in [0.717, 1.165) is 24.3 Å². The Morgan fingerprint density at radius 2 is 0.929 bits per heavy atom. The van der Waals surface area contributed by atoms with Gasteiger partial charge in [-0.2, -0.15) is 43.2 Å². The fraction of sp³-hybridized carbons (Fsp3) is 0.167. The highest BCUT2D eigenvalue weighted by Gasteiger charge is 2.50. The Hall–Kier alpha value is -1.26. The largest absolute Gasteiger partial charge is 0.534 e. The van der Waals surface area contributed by atoms with Gasteiger partial charge in [0.15, 0.2) is 11.5 Å². The van der Waals surface area contributed by atoms with Crippen molar-refractivity contribution in [3.63, 3.8) is 0 Å². The Morgan fingerprint density at radius 1 is 0.643 bits per heavy atom. The molecule has 0 saturated carbocycles. The van der Waals surface area contributed by atoms with Gasteiger partial charge in [0, 0.05) is 10.8 Å². The van der Waals surface area contributed by atoms with Crippen LogP contribution in [0.1, 0.15) is 0 Å². The van der Waals surface area contributed by atoms with Crippen molar-refractivity contribution in [2.75, 3.05) is 0 Å². The minimum Gasteiger partial charge on any atom is -0.374 e. The number of alkyl halides is 6. The van der Waals surface area contributed by atoms with Crippen molar-refractivity contribution < 1.29 is 51.5 Å². The van der Waals surface area contributed by atoms with Crippen LogP contribution in [-0.4, -0.2) is 27.9 Å². The van der Waals surface area contributed by atoms with Crippen LogP contribution in [0.3, 0.4) is 0 Å². The van der Waals surface area contributed by atoms with Gasteiger partial charge in [0.2, 0.25) is 0 Å². The van der Waals surface area contributed by atoms with E-state index in [9.17, 15) is 43.2 Å². The molecule has 16 heteroatoms. The Kier molecular flexibility index (Phi) is 5.93. The molecule has 0 heterocycles. The Labute approximate surface area is 169 Å². The summed E-state index contributed by atoms with van der Waals surface area (Å²) in [6.45, 7) is 0. The van der Waals surface area contributed by atoms with Crippen LogP contribution in [0.2, 0.25) is 0 Å². The summed E-state index contributed by atoms with van der Waals surface area (Å²) in [4.78, 5) is 0. The van der Waals surface area contributed by atoms with Crippen molar-refractivity contribution in [1.29, 1.82) is 0 Å². The number of benzene rings is 2. The summed E-state index contributed by atoms with van der Waals surface area (Å²) in [5, 5.41) is -0.949. The van der Waals surface area contributed by atoms with E-state index in [0.29, 0.717) is 0 Å². The van der Waals surface area contributed by atoms with E-state index in [1.807, 2.05) is 0 Å². The van der Waals surface area contributed by atoms with Crippen LogP contribution in [0.15, 0.2) is 33.2 Å². The fourth-order valence-electron chi connectivity index (χ4n) is 1.78. The van der Waals surface area contributed by atoms with Gasteiger partial charge < -0.3 is 8.37 Å². The van der Waals surface area contributed by atoms with Crippen LogP contribution < -0.4 is 8.37 Å². The van der Waals surface area contributed by atoms with E-state index in [1.54, 1.807) is 0 Å². The third kappa shape index (κ3) is 4.33. The minimum absolute atomic E-state index is 0.306. The number of rotatable bonds is 4. The molecule has 0 aromatic heterocycles. The first-order valence-corrected chi connectivity index (χ1v) is 10.8. The van der Waals surface area contributed by atoms with Crippen LogP contribution in [0.4, 0.5) is 26.3 Å². The monoisotopic (exact) mass is 580 g/mol. The summed E-state index contributed by atoms with van der Waals surface area (Å²) in [5.41, 5.74) is -11.6. The van der Waals surface area contributed by atoms with Gasteiger partial charge in [-0.3, -0.25) is 0 Å². The molecule has 2 aromatic carbocycles. The number of halogens is 8. The molecule has 0 aliphatic rings. The minimum atomic E-state index is -6.13. The normalized spacial score (nSPS) is 13.6. The third-order valence-corrected chi connectivity index (χ3v) is 6.11. The Morgan fingerprint density at radius 3 is 1.18 bits per heavy atom. The van der Waals surface area contributed by atoms with Gasteiger partial charge in [-0.1, -0.05) is 0 Å². The van der Waals surface area contributed by atoms with E-state index < -0.39 is 53.5 Å². The van der Waals surface area contributed by atoms with Crippen molar-refractivity contribution in [3.05, 3.63) is 33.2 Å². The lowest BCUT2D eigenvalue weighted by Gasteiger charge is -2.16. The van der Waals surface area contributed by atoms with Gasteiger partial charge >= 0.3 is 31.3 Å². The zero-order valence-corrected chi connectivity index (χ0v) is 17.4. The fourth-order valence-corrected chi connectivity index (χ4v) is 3.84. The van der Waals surface area contributed by atoms with Crippen LogP contribution in [0, 0.1) is 0 Å². The summed E-state index contributed by atoms with van der Waals surface area (Å²) >= 11 is 5.53. The van der Waals surface area contributed by atoms with E-state index in [1.165, 1.54) is 0 Å². The molecule has 6 nitrogen and oxygen atoms in total. The van der Waals surface area contributed by atoms with Crippen molar-refractivity contribution in [2.24, 2.45) is 0 Å². The Balaban J connectivity index is 2.74. The summed E-state index contributed by atoms with van der Waals surface area (Å²) in [7, 11) is -12.3. The highest BCUT2D eigenvalue weighted by molar-refractivity contribution is 9.11. The first-order valence-electron chi connectivity index (χ1n) is 6.40. The molecule has 0 bridgehead atoms. The van der Waals surface area contributed by atoms with Gasteiger partial charge in [-0.15, -0.1) is 0 Å². The maximum atomic E-state index is 12.6. The molecule has 28 heavy (non-hydrogen) atoms. The smallest absolute Gasteiger partial charge is 0.374 e. The van der Waals surface area contributed by atoms with Crippen molar-refractivity contribution >= 4 is 62.9 Å². The van der Waals surface area contributed by atoms with Crippen LogP contribution in [0.5, 0.6) is 11.5 Å². The number of hydrogen-bond acceptors (Lipinski definition) is 6. The van der Waals surface area contributed by atoms with Gasteiger partial charge in [-0.25, -0.2) is 0 Å². The summed E-state index contributed by atoms with van der Waals surface area (Å²) in [6.07, 6.45) is 0. The molecule has 0 atom stereocenters. The van der Waals surface area contributed by atoms with E-state index in [-0.39, 0.29) is 8.95 Å². The molecule has 0 saturated heterocycles. The quantitative estimate of drug-likeness (QED) is 0.292. The summed E-state index contributed by atoms with van der Waals surface area (Å²) in [6, 6.07) is 3.84. The van der Waals surface area contributed by atoms with E-state index in [4.69, 9.17) is 0 Å². The maximum Gasteiger partial charge on any atom is 0.534 e. The molecular weight excluding hydrogens is 578 g/mol. The highest BCUT2D eigenvalue weighted by atomic mass is 79.9. The third-order valence-electron chi connectivity index (χ3n) is 2.96. The average molecular weight is 582 g/mol. The Bertz CT molecular complexity index is 1050. The van der Waals surface area contributed by atoms with Crippen LogP contribution >= 0.6 is 31.9 Å². The molecule has 0 amide bonds. The number of hydrogen-bond donors (Lipinski definition) is 0. The number of fused-ring (bicyclic) bond motifs is 1. The highest BCUT2D eigenvalue weighted by Crippen LogP contribution is 2.44. The molecule has 2 aromatic rings. The van der Waals surface area contributed by atoms with Gasteiger partial charge in [0.05, 0.1) is 8.95 Å². The van der Waals surface area contributed by atoms with E-state index >= 15 is 0 Å². The first kappa shape index (κ1) is 23.0.